The minimum Gasteiger partial charge on any atom is -0.493 e. The Balaban J connectivity index is 1.51. The van der Waals surface area contributed by atoms with Crippen LogP contribution in [0.4, 0.5) is 5.69 Å². The molecule has 0 aromatic heterocycles. The van der Waals surface area contributed by atoms with Crippen LogP contribution < -0.4 is 9.64 Å². The molecule has 1 atom stereocenters. The van der Waals surface area contributed by atoms with E-state index in [2.05, 4.69) is 0 Å². The highest BCUT2D eigenvalue weighted by Gasteiger charge is 2.30. The summed E-state index contributed by atoms with van der Waals surface area (Å²) in [5, 5.41) is 0. The molecular weight excluding hydrogens is 340 g/mol. The zero-order valence-corrected chi connectivity index (χ0v) is 15.7. The second kappa shape index (κ2) is 9.21. The zero-order chi connectivity index (χ0) is 19.1. The number of benzene rings is 2. The molecule has 2 aromatic rings. The lowest BCUT2D eigenvalue weighted by atomic mass is 9.96. The van der Waals surface area contributed by atoms with Crippen LogP contribution in [0.3, 0.4) is 0 Å². The SMILES string of the molecule is CN(C(=O)C1CCCN(C(=O)CCOc2ccccc2)C1)c1ccccc1. The minimum atomic E-state index is -0.150. The van der Waals surface area contributed by atoms with Crippen LogP contribution in [-0.4, -0.2) is 43.5 Å². The molecule has 1 unspecified atom stereocenters. The largest absolute Gasteiger partial charge is 0.493 e. The highest BCUT2D eigenvalue weighted by molar-refractivity contribution is 5.95. The fourth-order valence-electron chi connectivity index (χ4n) is 3.39. The van der Waals surface area contributed by atoms with E-state index in [0.29, 0.717) is 26.1 Å². The fourth-order valence-corrected chi connectivity index (χ4v) is 3.39. The Hall–Kier alpha value is -2.82. The van der Waals surface area contributed by atoms with Crippen LogP contribution in [0, 0.1) is 5.92 Å². The molecule has 27 heavy (non-hydrogen) atoms. The molecule has 0 spiro atoms. The number of nitrogens with zero attached hydrogens (tertiary/aromatic N) is 2. The number of ether oxygens (including phenoxy) is 1. The first-order chi connectivity index (χ1) is 13.1. The maximum Gasteiger partial charge on any atom is 0.231 e. The molecule has 0 bridgehead atoms. The summed E-state index contributed by atoms with van der Waals surface area (Å²) in [6, 6.07) is 19.1. The number of para-hydroxylation sites is 2. The first-order valence-corrected chi connectivity index (χ1v) is 9.43. The molecule has 0 N–H and O–H groups in total. The van der Waals surface area contributed by atoms with E-state index in [1.54, 1.807) is 16.8 Å². The van der Waals surface area contributed by atoms with Crippen LogP contribution in [0.15, 0.2) is 60.7 Å². The van der Waals surface area contributed by atoms with Gasteiger partial charge in [0.25, 0.3) is 0 Å². The number of carbonyl (C=O) groups is 2. The van der Waals surface area contributed by atoms with Gasteiger partial charge in [-0.3, -0.25) is 9.59 Å². The zero-order valence-electron chi connectivity index (χ0n) is 15.7. The van der Waals surface area contributed by atoms with Gasteiger partial charge in [0.1, 0.15) is 5.75 Å². The monoisotopic (exact) mass is 366 g/mol. The smallest absolute Gasteiger partial charge is 0.231 e. The van der Waals surface area contributed by atoms with Crippen molar-refractivity contribution in [2.75, 3.05) is 31.6 Å². The van der Waals surface area contributed by atoms with E-state index in [9.17, 15) is 9.59 Å². The van der Waals surface area contributed by atoms with Gasteiger partial charge in [-0.2, -0.15) is 0 Å². The van der Waals surface area contributed by atoms with Gasteiger partial charge in [-0.15, -0.1) is 0 Å². The van der Waals surface area contributed by atoms with Gasteiger partial charge in [-0.05, 0) is 37.1 Å². The average molecular weight is 366 g/mol. The molecule has 5 nitrogen and oxygen atoms in total. The van der Waals surface area contributed by atoms with E-state index in [1.165, 1.54) is 0 Å². The van der Waals surface area contributed by atoms with Gasteiger partial charge in [0.2, 0.25) is 11.8 Å². The summed E-state index contributed by atoms with van der Waals surface area (Å²) in [7, 11) is 1.80. The summed E-state index contributed by atoms with van der Waals surface area (Å²) in [6.07, 6.45) is 1.99. The standard InChI is InChI=1S/C22H26N2O3/c1-23(19-10-4-2-5-11-19)22(26)18-9-8-15-24(17-18)21(25)14-16-27-20-12-6-3-7-13-20/h2-7,10-13,18H,8-9,14-17H2,1H3. The van der Waals surface area contributed by atoms with E-state index in [0.717, 1.165) is 24.3 Å². The number of carbonyl (C=O) groups excluding carboxylic acids is 2. The predicted molar refractivity (Wildman–Crippen MR) is 106 cm³/mol. The number of rotatable bonds is 6. The molecule has 2 amide bonds. The van der Waals surface area contributed by atoms with Crippen molar-refractivity contribution < 1.29 is 14.3 Å². The van der Waals surface area contributed by atoms with Crippen molar-refractivity contribution >= 4 is 17.5 Å². The topological polar surface area (TPSA) is 49.9 Å². The second-order valence-corrected chi connectivity index (χ2v) is 6.82. The third-order valence-electron chi connectivity index (χ3n) is 4.93. The maximum atomic E-state index is 12.8. The van der Waals surface area contributed by atoms with Crippen molar-refractivity contribution in [3.05, 3.63) is 60.7 Å². The van der Waals surface area contributed by atoms with E-state index in [1.807, 2.05) is 60.7 Å². The normalized spacial score (nSPS) is 16.6. The van der Waals surface area contributed by atoms with E-state index in [4.69, 9.17) is 4.74 Å². The average Bonchev–Trinajstić information content (AvgIpc) is 2.74. The van der Waals surface area contributed by atoms with Crippen LogP contribution in [0.5, 0.6) is 5.75 Å². The molecule has 3 rings (SSSR count). The van der Waals surface area contributed by atoms with Crippen LogP contribution in [-0.2, 0) is 9.59 Å². The molecule has 1 heterocycles. The Morgan fingerprint density at radius 2 is 1.74 bits per heavy atom. The Morgan fingerprint density at radius 1 is 1.07 bits per heavy atom. The molecule has 1 aliphatic heterocycles. The molecule has 5 heteroatoms. The molecule has 1 fully saturated rings. The summed E-state index contributed by atoms with van der Waals surface area (Å²) < 4.78 is 5.62. The third kappa shape index (κ3) is 5.09. The molecule has 2 aromatic carbocycles. The Bertz CT molecular complexity index is 749. The van der Waals surface area contributed by atoms with Gasteiger partial charge >= 0.3 is 0 Å². The molecule has 0 saturated carbocycles. The molecule has 0 aliphatic carbocycles. The first kappa shape index (κ1) is 19.0. The van der Waals surface area contributed by atoms with Crippen LogP contribution >= 0.6 is 0 Å². The molecule has 0 radical (unpaired) electrons. The molecule has 1 aliphatic rings. The second-order valence-electron chi connectivity index (χ2n) is 6.82. The maximum absolute atomic E-state index is 12.8. The summed E-state index contributed by atoms with van der Waals surface area (Å²) in [5.74, 6) is 0.731. The van der Waals surface area contributed by atoms with Crippen molar-refractivity contribution in [3.63, 3.8) is 0 Å². The first-order valence-electron chi connectivity index (χ1n) is 9.43. The molecule has 142 valence electrons. The quantitative estimate of drug-likeness (QED) is 0.788. The lowest BCUT2D eigenvalue weighted by Crippen LogP contribution is -2.46. The van der Waals surface area contributed by atoms with E-state index >= 15 is 0 Å². The molecule has 1 saturated heterocycles. The summed E-state index contributed by atoms with van der Waals surface area (Å²) >= 11 is 0. The Labute approximate surface area is 160 Å². The Morgan fingerprint density at radius 3 is 2.44 bits per heavy atom. The van der Waals surface area contributed by atoms with Gasteiger partial charge in [0.15, 0.2) is 0 Å². The van der Waals surface area contributed by atoms with Gasteiger partial charge in [0.05, 0.1) is 18.9 Å². The summed E-state index contributed by atoms with van der Waals surface area (Å²) in [6.45, 7) is 1.55. The van der Waals surface area contributed by atoms with E-state index < -0.39 is 0 Å². The van der Waals surface area contributed by atoms with Gasteiger partial charge in [0, 0.05) is 25.8 Å². The van der Waals surface area contributed by atoms with Gasteiger partial charge in [-0.25, -0.2) is 0 Å². The van der Waals surface area contributed by atoms with Crippen molar-refractivity contribution in [3.8, 4) is 5.75 Å². The van der Waals surface area contributed by atoms with Crippen molar-refractivity contribution in [1.29, 1.82) is 0 Å². The van der Waals surface area contributed by atoms with Crippen molar-refractivity contribution in [2.45, 2.75) is 19.3 Å². The van der Waals surface area contributed by atoms with Crippen molar-refractivity contribution in [1.82, 2.24) is 4.90 Å². The summed E-state index contributed by atoms with van der Waals surface area (Å²) in [5.41, 5.74) is 0.877. The number of hydrogen-bond donors (Lipinski definition) is 0. The minimum absolute atomic E-state index is 0.0470. The number of amides is 2. The number of likely N-dealkylation sites (tertiary alicyclic amines) is 1. The van der Waals surface area contributed by atoms with Crippen molar-refractivity contribution in [2.24, 2.45) is 5.92 Å². The highest BCUT2D eigenvalue weighted by atomic mass is 16.5. The molecular formula is C22H26N2O3. The number of anilines is 1. The summed E-state index contributed by atoms with van der Waals surface area (Å²) in [4.78, 5) is 28.8. The lowest BCUT2D eigenvalue weighted by Gasteiger charge is -2.34. The van der Waals surface area contributed by atoms with Crippen LogP contribution in [0.25, 0.3) is 0 Å². The number of piperidine rings is 1. The lowest BCUT2D eigenvalue weighted by molar-refractivity contribution is -0.135. The Kier molecular flexibility index (Phi) is 6.47. The highest BCUT2D eigenvalue weighted by Crippen LogP contribution is 2.22. The van der Waals surface area contributed by atoms with Crippen LogP contribution in [0.1, 0.15) is 19.3 Å². The fraction of sp³-hybridized carbons (Fsp3) is 0.364. The number of hydrogen-bond acceptors (Lipinski definition) is 3. The van der Waals surface area contributed by atoms with Gasteiger partial charge in [-0.1, -0.05) is 36.4 Å². The predicted octanol–water partition coefficient (Wildman–Crippen LogP) is 3.36. The van der Waals surface area contributed by atoms with Gasteiger partial charge < -0.3 is 14.5 Å². The van der Waals surface area contributed by atoms with Crippen LogP contribution in [0.2, 0.25) is 0 Å². The van der Waals surface area contributed by atoms with E-state index in [-0.39, 0.29) is 17.7 Å². The third-order valence-corrected chi connectivity index (χ3v) is 4.93.